The standard InChI is InChI=1S/C19H15N3O3S2/c1-10(2)22-17(24)12-6-5-11(8-13(12)18(22)25)16(23)21-19-20-14(9-27-19)15-4-3-7-26-15/h3-10H,1-2H3,(H,20,21,23). The molecule has 136 valence electrons. The summed E-state index contributed by atoms with van der Waals surface area (Å²) in [7, 11) is 0. The number of thiazole rings is 1. The molecule has 0 bridgehead atoms. The lowest BCUT2D eigenvalue weighted by atomic mass is 10.1. The van der Waals surface area contributed by atoms with E-state index in [2.05, 4.69) is 10.3 Å². The van der Waals surface area contributed by atoms with E-state index in [0.717, 1.165) is 10.6 Å². The van der Waals surface area contributed by atoms with E-state index in [1.165, 1.54) is 28.4 Å². The maximum atomic E-state index is 12.6. The lowest BCUT2D eigenvalue weighted by Crippen LogP contribution is -2.35. The second-order valence-electron chi connectivity index (χ2n) is 6.30. The number of benzene rings is 1. The molecular formula is C19H15N3O3S2. The number of imide groups is 1. The molecule has 0 fully saturated rings. The van der Waals surface area contributed by atoms with Crippen molar-refractivity contribution in [1.29, 1.82) is 0 Å². The van der Waals surface area contributed by atoms with Crippen molar-refractivity contribution in [3.63, 3.8) is 0 Å². The van der Waals surface area contributed by atoms with Gasteiger partial charge in [0.15, 0.2) is 5.13 Å². The number of hydrogen-bond acceptors (Lipinski definition) is 6. The first-order valence-corrected chi connectivity index (χ1v) is 10.0. The number of aromatic nitrogens is 1. The van der Waals surface area contributed by atoms with E-state index < -0.39 is 0 Å². The number of fused-ring (bicyclic) bond motifs is 1. The molecular weight excluding hydrogens is 382 g/mol. The topological polar surface area (TPSA) is 79.4 Å². The minimum Gasteiger partial charge on any atom is -0.298 e. The van der Waals surface area contributed by atoms with Crippen molar-refractivity contribution in [2.24, 2.45) is 0 Å². The van der Waals surface area contributed by atoms with Crippen molar-refractivity contribution in [3.05, 3.63) is 57.8 Å². The van der Waals surface area contributed by atoms with Gasteiger partial charge in [0.2, 0.25) is 0 Å². The van der Waals surface area contributed by atoms with Crippen molar-refractivity contribution in [1.82, 2.24) is 9.88 Å². The lowest BCUT2D eigenvalue weighted by Gasteiger charge is -2.17. The zero-order chi connectivity index (χ0) is 19.1. The summed E-state index contributed by atoms with van der Waals surface area (Å²) in [5, 5.41) is 7.09. The average molecular weight is 397 g/mol. The van der Waals surface area contributed by atoms with Crippen LogP contribution in [0.5, 0.6) is 0 Å². The van der Waals surface area contributed by atoms with Gasteiger partial charge in [0.1, 0.15) is 0 Å². The van der Waals surface area contributed by atoms with E-state index in [4.69, 9.17) is 0 Å². The van der Waals surface area contributed by atoms with Crippen LogP contribution in [0.2, 0.25) is 0 Å². The van der Waals surface area contributed by atoms with Gasteiger partial charge in [-0.05, 0) is 43.5 Å². The normalized spacial score (nSPS) is 13.4. The van der Waals surface area contributed by atoms with Crippen LogP contribution in [0, 0.1) is 0 Å². The molecule has 3 heterocycles. The van der Waals surface area contributed by atoms with E-state index >= 15 is 0 Å². The van der Waals surface area contributed by atoms with Gasteiger partial charge in [-0.25, -0.2) is 4.98 Å². The number of carbonyl (C=O) groups is 3. The molecule has 4 rings (SSSR count). The van der Waals surface area contributed by atoms with Gasteiger partial charge in [0.05, 0.1) is 21.7 Å². The largest absolute Gasteiger partial charge is 0.298 e. The van der Waals surface area contributed by atoms with Gasteiger partial charge >= 0.3 is 0 Å². The second kappa shape index (κ2) is 6.71. The molecule has 6 nitrogen and oxygen atoms in total. The van der Waals surface area contributed by atoms with E-state index in [1.807, 2.05) is 22.9 Å². The maximum absolute atomic E-state index is 12.6. The predicted octanol–water partition coefficient (Wildman–Crippen LogP) is 4.13. The Balaban J connectivity index is 1.56. The van der Waals surface area contributed by atoms with Gasteiger partial charge in [0.25, 0.3) is 17.7 Å². The number of hydrogen-bond donors (Lipinski definition) is 1. The van der Waals surface area contributed by atoms with Gasteiger partial charge in [-0.3, -0.25) is 24.6 Å². The van der Waals surface area contributed by atoms with Crippen LogP contribution in [0.3, 0.4) is 0 Å². The molecule has 1 aliphatic rings. The molecule has 0 unspecified atom stereocenters. The molecule has 0 radical (unpaired) electrons. The molecule has 2 aromatic heterocycles. The molecule has 3 aromatic rings. The first-order valence-electron chi connectivity index (χ1n) is 8.28. The Morgan fingerprint density at radius 1 is 1.11 bits per heavy atom. The molecule has 1 N–H and O–H groups in total. The minimum atomic E-state index is -0.367. The summed E-state index contributed by atoms with van der Waals surface area (Å²) >= 11 is 2.91. The summed E-state index contributed by atoms with van der Waals surface area (Å²) < 4.78 is 0. The summed E-state index contributed by atoms with van der Waals surface area (Å²) in [6, 6.07) is 8.24. The molecule has 0 saturated carbocycles. The van der Waals surface area contributed by atoms with Crippen LogP contribution in [-0.2, 0) is 0 Å². The highest BCUT2D eigenvalue weighted by Gasteiger charge is 2.37. The Kier molecular flexibility index (Phi) is 4.37. The second-order valence-corrected chi connectivity index (χ2v) is 8.11. The molecule has 27 heavy (non-hydrogen) atoms. The summed E-state index contributed by atoms with van der Waals surface area (Å²) in [5.74, 6) is -1.06. The SMILES string of the molecule is CC(C)N1C(=O)c2ccc(C(=O)Nc3nc(-c4cccs4)cs3)cc2C1=O. The Bertz CT molecular complexity index is 1050. The van der Waals surface area contributed by atoms with Crippen molar-refractivity contribution in [2.45, 2.75) is 19.9 Å². The fraction of sp³-hybridized carbons (Fsp3) is 0.158. The lowest BCUT2D eigenvalue weighted by molar-refractivity contribution is 0.0609. The third-order valence-electron chi connectivity index (χ3n) is 4.19. The smallest absolute Gasteiger partial charge is 0.261 e. The molecule has 0 aliphatic carbocycles. The van der Waals surface area contributed by atoms with Crippen LogP contribution < -0.4 is 5.32 Å². The van der Waals surface area contributed by atoms with Gasteiger partial charge in [-0.15, -0.1) is 22.7 Å². The number of thiophene rings is 1. The summed E-state index contributed by atoms with van der Waals surface area (Å²) in [6.07, 6.45) is 0. The van der Waals surface area contributed by atoms with Crippen molar-refractivity contribution in [3.8, 4) is 10.6 Å². The molecule has 8 heteroatoms. The van der Waals surface area contributed by atoms with Crippen LogP contribution in [0.1, 0.15) is 44.9 Å². The molecule has 1 aromatic carbocycles. The van der Waals surface area contributed by atoms with Crippen LogP contribution in [-0.4, -0.2) is 33.6 Å². The van der Waals surface area contributed by atoms with Crippen LogP contribution in [0.25, 0.3) is 10.6 Å². The summed E-state index contributed by atoms with van der Waals surface area (Å²) in [4.78, 5) is 44.0. The van der Waals surface area contributed by atoms with Crippen LogP contribution in [0.15, 0.2) is 41.1 Å². The van der Waals surface area contributed by atoms with E-state index in [1.54, 1.807) is 31.3 Å². The van der Waals surface area contributed by atoms with E-state index in [-0.39, 0.29) is 29.3 Å². The van der Waals surface area contributed by atoms with Gasteiger partial charge in [0, 0.05) is 17.0 Å². The number of rotatable bonds is 4. The quantitative estimate of drug-likeness (QED) is 0.672. The van der Waals surface area contributed by atoms with Crippen LogP contribution >= 0.6 is 22.7 Å². The maximum Gasteiger partial charge on any atom is 0.261 e. The van der Waals surface area contributed by atoms with Gasteiger partial charge < -0.3 is 0 Å². The minimum absolute atomic E-state index is 0.235. The number of anilines is 1. The van der Waals surface area contributed by atoms with Crippen molar-refractivity contribution >= 4 is 45.5 Å². The van der Waals surface area contributed by atoms with Gasteiger partial charge in [-0.1, -0.05) is 6.07 Å². The Morgan fingerprint density at radius 2 is 1.89 bits per heavy atom. The number of carbonyl (C=O) groups excluding carboxylic acids is 3. The first kappa shape index (κ1) is 17.6. The van der Waals surface area contributed by atoms with E-state index in [0.29, 0.717) is 16.3 Å². The summed E-state index contributed by atoms with van der Waals surface area (Å²) in [6.45, 7) is 3.56. The zero-order valence-electron chi connectivity index (χ0n) is 14.6. The summed E-state index contributed by atoms with van der Waals surface area (Å²) in [5.41, 5.74) is 1.72. The highest BCUT2D eigenvalue weighted by Crippen LogP contribution is 2.29. The molecule has 0 spiro atoms. The number of nitrogens with one attached hydrogen (secondary N) is 1. The molecule has 0 saturated heterocycles. The zero-order valence-corrected chi connectivity index (χ0v) is 16.2. The first-order chi connectivity index (χ1) is 13.0. The molecule has 3 amide bonds. The number of amides is 3. The van der Waals surface area contributed by atoms with E-state index in [9.17, 15) is 14.4 Å². The third kappa shape index (κ3) is 3.07. The molecule has 0 atom stereocenters. The highest BCUT2D eigenvalue weighted by atomic mass is 32.1. The average Bonchev–Trinajstić information content (AvgIpc) is 3.35. The third-order valence-corrected chi connectivity index (χ3v) is 5.84. The Hall–Kier alpha value is -2.84. The van der Waals surface area contributed by atoms with Crippen LogP contribution in [0.4, 0.5) is 5.13 Å². The highest BCUT2D eigenvalue weighted by molar-refractivity contribution is 7.16. The number of nitrogens with zero attached hydrogens (tertiary/aromatic N) is 2. The van der Waals surface area contributed by atoms with Crippen molar-refractivity contribution < 1.29 is 14.4 Å². The molecule has 1 aliphatic heterocycles. The van der Waals surface area contributed by atoms with Gasteiger partial charge in [-0.2, -0.15) is 0 Å². The van der Waals surface area contributed by atoms with Crippen molar-refractivity contribution in [2.75, 3.05) is 5.32 Å². The predicted molar refractivity (Wildman–Crippen MR) is 105 cm³/mol. The Morgan fingerprint density at radius 3 is 2.59 bits per heavy atom. The monoisotopic (exact) mass is 397 g/mol. The fourth-order valence-electron chi connectivity index (χ4n) is 2.91. The fourth-order valence-corrected chi connectivity index (χ4v) is 4.37. The Labute approximate surface area is 163 Å².